The SMILES string of the molecule is Cc1cccc(-n2ccc(CC(=O)Nc3cc(C4CC4)n[nH]3)n2)c1. The number of aromatic nitrogens is 4. The highest BCUT2D eigenvalue weighted by Crippen LogP contribution is 2.39. The third-order valence-electron chi connectivity index (χ3n) is 4.12. The van der Waals surface area contributed by atoms with Gasteiger partial charge in [0.05, 0.1) is 23.5 Å². The predicted molar refractivity (Wildman–Crippen MR) is 91.2 cm³/mol. The highest BCUT2D eigenvalue weighted by atomic mass is 16.1. The number of aromatic amines is 1. The van der Waals surface area contributed by atoms with Gasteiger partial charge in [-0.1, -0.05) is 12.1 Å². The van der Waals surface area contributed by atoms with E-state index in [-0.39, 0.29) is 12.3 Å². The summed E-state index contributed by atoms with van der Waals surface area (Å²) in [6.07, 6.45) is 4.48. The van der Waals surface area contributed by atoms with Gasteiger partial charge in [-0.2, -0.15) is 10.2 Å². The minimum absolute atomic E-state index is 0.101. The topological polar surface area (TPSA) is 75.6 Å². The van der Waals surface area contributed by atoms with E-state index in [9.17, 15) is 4.79 Å². The second-order valence-electron chi connectivity index (χ2n) is 6.30. The molecule has 1 aliphatic carbocycles. The lowest BCUT2D eigenvalue weighted by Gasteiger charge is -2.02. The van der Waals surface area contributed by atoms with Crippen LogP contribution < -0.4 is 5.32 Å². The molecular weight excluding hydrogens is 302 g/mol. The van der Waals surface area contributed by atoms with Gasteiger partial charge in [0.15, 0.2) is 0 Å². The first-order valence-electron chi connectivity index (χ1n) is 8.14. The average molecular weight is 321 g/mol. The molecule has 24 heavy (non-hydrogen) atoms. The lowest BCUT2D eigenvalue weighted by Crippen LogP contribution is -2.15. The zero-order valence-electron chi connectivity index (χ0n) is 13.5. The second-order valence-corrected chi connectivity index (χ2v) is 6.30. The van der Waals surface area contributed by atoms with Crippen molar-refractivity contribution in [2.45, 2.75) is 32.1 Å². The minimum atomic E-state index is -0.101. The van der Waals surface area contributed by atoms with Crippen LogP contribution >= 0.6 is 0 Å². The molecule has 122 valence electrons. The summed E-state index contributed by atoms with van der Waals surface area (Å²) >= 11 is 0. The molecule has 1 fully saturated rings. The van der Waals surface area contributed by atoms with Crippen molar-refractivity contribution in [2.75, 3.05) is 5.32 Å². The van der Waals surface area contributed by atoms with Crippen molar-refractivity contribution in [2.24, 2.45) is 0 Å². The van der Waals surface area contributed by atoms with E-state index in [0.717, 1.165) is 17.1 Å². The van der Waals surface area contributed by atoms with E-state index in [0.29, 0.717) is 11.7 Å². The Morgan fingerprint density at radius 3 is 3.00 bits per heavy atom. The maximum Gasteiger partial charge on any atom is 0.231 e. The van der Waals surface area contributed by atoms with E-state index < -0.39 is 0 Å². The van der Waals surface area contributed by atoms with Crippen molar-refractivity contribution in [3.05, 3.63) is 59.5 Å². The normalized spacial score (nSPS) is 13.9. The molecule has 1 saturated carbocycles. The molecule has 2 aromatic heterocycles. The van der Waals surface area contributed by atoms with Crippen molar-refractivity contribution in [1.82, 2.24) is 20.0 Å². The molecule has 0 atom stereocenters. The number of hydrogen-bond acceptors (Lipinski definition) is 3. The van der Waals surface area contributed by atoms with Crippen LogP contribution in [-0.4, -0.2) is 25.9 Å². The Kier molecular flexibility index (Phi) is 3.65. The molecule has 1 aromatic carbocycles. The number of H-pyrrole nitrogens is 1. The Bertz CT molecular complexity index is 875. The van der Waals surface area contributed by atoms with Gasteiger partial charge in [-0.05, 0) is 43.5 Å². The van der Waals surface area contributed by atoms with Crippen molar-refractivity contribution in [1.29, 1.82) is 0 Å². The lowest BCUT2D eigenvalue weighted by molar-refractivity contribution is -0.115. The molecule has 4 rings (SSSR count). The maximum absolute atomic E-state index is 12.2. The first kappa shape index (κ1) is 14.7. The predicted octanol–water partition coefficient (Wildman–Crippen LogP) is 2.96. The van der Waals surface area contributed by atoms with Gasteiger partial charge in [0.2, 0.25) is 5.91 Å². The molecule has 0 bridgehead atoms. The summed E-state index contributed by atoms with van der Waals surface area (Å²) in [6.45, 7) is 2.04. The fourth-order valence-electron chi connectivity index (χ4n) is 2.72. The number of anilines is 1. The van der Waals surface area contributed by atoms with E-state index >= 15 is 0 Å². The van der Waals surface area contributed by atoms with E-state index in [1.165, 1.54) is 18.4 Å². The summed E-state index contributed by atoms with van der Waals surface area (Å²) in [5, 5.41) is 14.4. The van der Waals surface area contributed by atoms with Crippen molar-refractivity contribution in [3.8, 4) is 5.69 Å². The van der Waals surface area contributed by atoms with Crippen LogP contribution in [0.5, 0.6) is 0 Å². The van der Waals surface area contributed by atoms with Crippen molar-refractivity contribution < 1.29 is 4.79 Å². The number of carbonyl (C=O) groups excluding carboxylic acids is 1. The first-order valence-corrected chi connectivity index (χ1v) is 8.14. The summed E-state index contributed by atoms with van der Waals surface area (Å²) in [7, 11) is 0. The van der Waals surface area contributed by atoms with Crippen LogP contribution in [0.3, 0.4) is 0 Å². The molecule has 1 amide bonds. The van der Waals surface area contributed by atoms with E-state index in [4.69, 9.17) is 0 Å². The van der Waals surface area contributed by atoms with Crippen molar-refractivity contribution in [3.63, 3.8) is 0 Å². The number of carbonyl (C=O) groups is 1. The quantitative estimate of drug-likeness (QED) is 0.758. The molecule has 0 aliphatic heterocycles. The van der Waals surface area contributed by atoms with E-state index in [1.54, 1.807) is 4.68 Å². The molecule has 0 unspecified atom stereocenters. The summed E-state index contributed by atoms with van der Waals surface area (Å²) in [4.78, 5) is 12.2. The summed E-state index contributed by atoms with van der Waals surface area (Å²) < 4.78 is 1.79. The monoisotopic (exact) mass is 321 g/mol. The zero-order chi connectivity index (χ0) is 16.5. The van der Waals surface area contributed by atoms with Gasteiger partial charge in [0, 0.05) is 18.2 Å². The van der Waals surface area contributed by atoms with Crippen molar-refractivity contribution >= 4 is 11.7 Å². The van der Waals surface area contributed by atoms with Crippen LogP contribution in [-0.2, 0) is 11.2 Å². The molecule has 6 heteroatoms. The van der Waals surface area contributed by atoms with Crippen LogP contribution in [0.1, 0.15) is 35.7 Å². The third-order valence-corrected chi connectivity index (χ3v) is 4.12. The van der Waals surface area contributed by atoms with Gasteiger partial charge in [0.1, 0.15) is 5.82 Å². The van der Waals surface area contributed by atoms with Crippen LogP contribution in [0.4, 0.5) is 5.82 Å². The van der Waals surface area contributed by atoms with Gasteiger partial charge in [-0.15, -0.1) is 0 Å². The number of aryl methyl sites for hydroxylation is 1. The zero-order valence-corrected chi connectivity index (χ0v) is 13.5. The molecule has 6 nitrogen and oxygen atoms in total. The molecule has 2 heterocycles. The van der Waals surface area contributed by atoms with Gasteiger partial charge >= 0.3 is 0 Å². The fourth-order valence-corrected chi connectivity index (χ4v) is 2.72. The molecule has 1 aliphatic rings. The number of nitrogens with zero attached hydrogens (tertiary/aromatic N) is 3. The van der Waals surface area contributed by atoms with E-state index in [2.05, 4.69) is 26.7 Å². The van der Waals surface area contributed by atoms with Crippen LogP contribution in [0.2, 0.25) is 0 Å². The summed E-state index contributed by atoms with van der Waals surface area (Å²) in [5.74, 6) is 1.12. The number of rotatable bonds is 5. The van der Waals surface area contributed by atoms with Gasteiger partial charge in [-0.25, -0.2) is 4.68 Å². The summed E-state index contributed by atoms with van der Waals surface area (Å²) in [6, 6.07) is 11.9. The molecule has 3 aromatic rings. The second kappa shape index (κ2) is 5.96. The number of amides is 1. The lowest BCUT2D eigenvalue weighted by atomic mass is 10.2. The maximum atomic E-state index is 12.2. The molecule has 0 saturated heterocycles. The van der Waals surface area contributed by atoms with Crippen LogP contribution in [0, 0.1) is 6.92 Å². The fraction of sp³-hybridized carbons (Fsp3) is 0.278. The van der Waals surface area contributed by atoms with Gasteiger partial charge in [0.25, 0.3) is 0 Å². The van der Waals surface area contributed by atoms with Gasteiger partial charge < -0.3 is 5.32 Å². The molecule has 0 spiro atoms. The van der Waals surface area contributed by atoms with Crippen LogP contribution in [0.15, 0.2) is 42.6 Å². The highest BCUT2D eigenvalue weighted by molar-refractivity contribution is 5.91. The Hall–Kier alpha value is -2.89. The largest absolute Gasteiger partial charge is 0.311 e. The Morgan fingerprint density at radius 1 is 1.33 bits per heavy atom. The molecule has 2 N–H and O–H groups in total. The smallest absolute Gasteiger partial charge is 0.231 e. The standard InChI is InChI=1S/C18H19N5O/c1-12-3-2-4-15(9-12)23-8-7-14(22-23)10-18(24)19-17-11-16(20-21-17)13-5-6-13/h2-4,7-9,11,13H,5-6,10H2,1H3,(H2,19,20,21,24). The first-order chi connectivity index (χ1) is 11.7. The number of benzene rings is 1. The Balaban J connectivity index is 1.40. The number of hydrogen-bond donors (Lipinski definition) is 2. The average Bonchev–Trinajstić information content (AvgIpc) is 3.13. The molecular formula is C18H19N5O. The minimum Gasteiger partial charge on any atom is -0.311 e. The molecule has 0 radical (unpaired) electrons. The Labute approximate surface area is 139 Å². The summed E-state index contributed by atoms with van der Waals surface area (Å²) in [5.41, 5.74) is 3.93. The van der Waals surface area contributed by atoms with Gasteiger partial charge in [-0.3, -0.25) is 9.89 Å². The number of nitrogens with one attached hydrogen (secondary N) is 2. The highest BCUT2D eigenvalue weighted by Gasteiger charge is 2.26. The third kappa shape index (κ3) is 3.22. The van der Waals surface area contributed by atoms with E-state index in [1.807, 2.05) is 43.5 Å². The van der Waals surface area contributed by atoms with Crippen LogP contribution in [0.25, 0.3) is 5.69 Å². The Morgan fingerprint density at radius 2 is 2.21 bits per heavy atom.